The number of anilines is 1. The van der Waals surface area contributed by atoms with Gasteiger partial charge in [-0.15, -0.1) is 0 Å². The molecule has 0 unspecified atom stereocenters. The molecule has 0 N–H and O–H groups in total. The van der Waals surface area contributed by atoms with Gasteiger partial charge in [0, 0.05) is 36.6 Å². The molecule has 34 heavy (non-hydrogen) atoms. The first kappa shape index (κ1) is 22.5. The van der Waals surface area contributed by atoms with Crippen molar-refractivity contribution in [3.05, 3.63) is 52.2 Å². The van der Waals surface area contributed by atoms with Crippen molar-refractivity contribution >= 4 is 39.4 Å². The summed E-state index contributed by atoms with van der Waals surface area (Å²) in [5, 5.41) is 1.04. The number of halogens is 1. The van der Waals surface area contributed by atoms with E-state index >= 15 is 0 Å². The molecule has 0 spiro atoms. The number of methoxy groups -OCH3 is 2. The van der Waals surface area contributed by atoms with Crippen LogP contribution in [0.4, 0.5) is 5.82 Å². The van der Waals surface area contributed by atoms with Crippen LogP contribution in [0, 0.1) is 0 Å². The van der Waals surface area contributed by atoms with Crippen molar-refractivity contribution in [2.24, 2.45) is 0 Å². The van der Waals surface area contributed by atoms with Gasteiger partial charge in [-0.3, -0.25) is 9.13 Å². The van der Waals surface area contributed by atoms with Crippen LogP contribution in [-0.2, 0) is 0 Å². The van der Waals surface area contributed by atoms with Crippen LogP contribution in [0.25, 0.3) is 21.9 Å². The molecule has 0 amide bonds. The zero-order valence-corrected chi connectivity index (χ0v) is 20.5. The Morgan fingerprint density at radius 1 is 1.00 bits per heavy atom. The van der Waals surface area contributed by atoms with E-state index in [9.17, 15) is 4.79 Å². The van der Waals surface area contributed by atoms with Crippen molar-refractivity contribution in [2.45, 2.75) is 38.8 Å². The normalized spacial score (nSPS) is 14.9. The zero-order valence-electron chi connectivity index (χ0n) is 19.8. The first-order valence-electron chi connectivity index (χ1n) is 11.5. The van der Waals surface area contributed by atoms with E-state index in [0.29, 0.717) is 17.0 Å². The van der Waals surface area contributed by atoms with E-state index in [0.717, 1.165) is 48.2 Å². The second-order valence-electron chi connectivity index (χ2n) is 8.86. The van der Waals surface area contributed by atoms with E-state index in [-0.39, 0.29) is 23.1 Å². The molecule has 2 aromatic heterocycles. The number of hydrogen-bond acceptors (Lipinski definition) is 6. The van der Waals surface area contributed by atoms with E-state index in [1.807, 2.05) is 59.4 Å². The van der Waals surface area contributed by atoms with Crippen molar-refractivity contribution in [3.8, 4) is 11.5 Å². The topological polar surface area (TPSA) is 74.4 Å². The summed E-state index contributed by atoms with van der Waals surface area (Å²) in [6, 6.07) is 12.0. The molecular formula is C25H28ClN5O3. The Kier molecular flexibility index (Phi) is 5.85. The molecule has 9 heteroatoms. The standard InChI is InChI=1S/C25H28ClN5O3/c1-15(2)30-19-7-5-6-8-20(19)31(25(30)32)16-9-11-29(12-10-16)23-17-13-21(33-3)22(34-4)14-18(17)27-24(26)28-23/h5-8,13-16H,9-12H2,1-4H3. The third-order valence-corrected chi connectivity index (χ3v) is 6.78. The molecular weight excluding hydrogens is 454 g/mol. The molecule has 1 aliphatic rings. The number of hydrogen-bond donors (Lipinski definition) is 0. The van der Waals surface area contributed by atoms with Gasteiger partial charge in [-0.25, -0.2) is 9.78 Å². The molecule has 0 aliphatic carbocycles. The minimum Gasteiger partial charge on any atom is -0.493 e. The van der Waals surface area contributed by atoms with Gasteiger partial charge in [0.05, 0.1) is 30.8 Å². The Morgan fingerprint density at radius 2 is 1.65 bits per heavy atom. The summed E-state index contributed by atoms with van der Waals surface area (Å²) >= 11 is 6.29. The highest BCUT2D eigenvalue weighted by Crippen LogP contribution is 2.37. The average Bonchev–Trinajstić information content (AvgIpc) is 3.14. The summed E-state index contributed by atoms with van der Waals surface area (Å²) < 4.78 is 14.8. The van der Waals surface area contributed by atoms with Gasteiger partial charge in [0.15, 0.2) is 11.5 Å². The molecule has 0 radical (unpaired) electrons. The maximum Gasteiger partial charge on any atom is 0.329 e. The molecule has 8 nitrogen and oxygen atoms in total. The molecule has 1 fully saturated rings. The fraction of sp³-hybridized carbons (Fsp3) is 0.400. The SMILES string of the molecule is COc1cc2nc(Cl)nc(N3CCC(n4c(=O)n(C(C)C)c5ccccc54)CC3)c2cc1OC. The largest absolute Gasteiger partial charge is 0.493 e. The van der Waals surface area contributed by atoms with Crippen molar-refractivity contribution in [2.75, 3.05) is 32.2 Å². The van der Waals surface area contributed by atoms with Gasteiger partial charge in [0.25, 0.3) is 0 Å². The Hall–Kier alpha value is -3.26. The highest BCUT2D eigenvalue weighted by Gasteiger charge is 2.27. The molecule has 2 aromatic carbocycles. The summed E-state index contributed by atoms with van der Waals surface area (Å²) in [7, 11) is 3.20. The maximum atomic E-state index is 13.4. The molecule has 5 rings (SSSR count). The third-order valence-electron chi connectivity index (χ3n) is 6.61. The molecule has 3 heterocycles. The number of ether oxygens (including phenoxy) is 2. The van der Waals surface area contributed by atoms with Crippen LogP contribution in [-0.4, -0.2) is 46.4 Å². The van der Waals surface area contributed by atoms with Gasteiger partial charge >= 0.3 is 5.69 Å². The van der Waals surface area contributed by atoms with Crippen LogP contribution in [0.5, 0.6) is 11.5 Å². The van der Waals surface area contributed by atoms with Crippen LogP contribution < -0.4 is 20.1 Å². The fourth-order valence-corrected chi connectivity index (χ4v) is 5.21. The summed E-state index contributed by atoms with van der Waals surface area (Å²) in [6.45, 7) is 5.59. The Bertz CT molecular complexity index is 1420. The van der Waals surface area contributed by atoms with Gasteiger partial charge in [-0.05, 0) is 56.5 Å². The lowest BCUT2D eigenvalue weighted by atomic mass is 10.0. The number of piperidine rings is 1. The van der Waals surface area contributed by atoms with Crippen LogP contribution in [0.2, 0.25) is 5.28 Å². The number of nitrogens with zero attached hydrogens (tertiary/aromatic N) is 5. The predicted molar refractivity (Wildman–Crippen MR) is 135 cm³/mol. The lowest BCUT2D eigenvalue weighted by molar-refractivity contribution is 0.355. The lowest BCUT2D eigenvalue weighted by Crippen LogP contribution is -2.38. The van der Waals surface area contributed by atoms with Gasteiger partial charge in [0.2, 0.25) is 5.28 Å². The number of rotatable bonds is 5. The quantitative estimate of drug-likeness (QED) is 0.380. The molecule has 1 saturated heterocycles. The fourth-order valence-electron chi connectivity index (χ4n) is 5.03. The Morgan fingerprint density at radius 3 is 2.29 bits per heavy atom. The molecule has 4 aromatic rings. The van der Waals surface area contributed by atoms with E-state index in [4.69, 9.17) is 21.1 Å². The molecule has 0 bridgehead atoms. The smallest absolute Gasteiger partial charge is 0.329 e. The molecule has 0 atom stereocenters. The van der Waals surface area contributed by atoms with Crippen LogP contribution in [0.1, 0.15) is 38.8 Å². The van der Waals surface area contributed by atoms with Crippen LogP contribution >= 0.6 is 11.6 Å². The zero-order chi connectivity index (χ0) is 24.0. The second-order valence-corrected chi connectivity index (χ2v) is 9.20. The van der Waals surface area contributed by atoms with Crippen molar-refractivity contribution in [1.29, 1.82) is 0 Å². The van der Waals surface area contributed by atoms with Crippen molar-refractivity contribution in [3.63, 3.8) is 0 Å². The highest BCUT2D eigenvalue weighted by molar-refractivity contribution is 6.28. The lowest BCUT2D eigenvalue weighted by Gasteiger charge is -2.34. The maximum absolute atomic E-state index is 13.4. The van der Waals surface area contributed by atoms with Crippen molar-refractivity contribution < 1.29 is 9.47 Å². The third kappa shape index (κ3) is 3.66. The summed E-state index contributed by atoms with van der Waals surface area (Å²) in [5.41, 5.74) is 2.74. The van der Waals surface area contributed by atoms with Crippen LogP contribution in [0.15, 0.2) is 41.2 Å². The average molecular weight is 482 g/mol. The summed E-state index contributed by atoms with van der Waals surface area (Å²) in [4.78, 5) is 24.5. The van der Waals surface area contributed by atoms with E-state index in [1.165, 1.54) is 0 Å². The predicted octanol–water partition coefficient (Wildman–Crippen LogP) is 4.84. The summed E-state index contributed by atoms with van der Waals surface area (Å²) in [6.07, 6.45) is 1.64. The number of benzene rings is 2. The van der Waals surface area contributed by atoms with Crippen molar-refractivity contribution in [1.82, 2.24) is 19.1 Å². The number of fused-ring (bicyclic) bond motifs is 2. The number of aromatic nitrogens is 4. The Balaban J connectivity index is 1.49. The highest BCUT2D eigenvalue weighted by atomic mass is 35.5. The minimum atomic E-state index is 0.0574. The van der Waals surface area contributed by atoms with E-state index in [1.54, 1.807) is 14.2 Å². The Labute approximate surface area is 202 Å². The van der Waals surface area contributed by atoms with Gasteiger partial charge in [-0.1, -0.05) is 12.1 Å². The van der Waals surface area contributed by atoms with E-state index < -0.39 is 0 Å². The van der Waals surface area contributed by atoms with Gasteiger partial charge in [-0.2, -0.15) is 4.98 Å². The molecule has 178 valence electrons. The molecule has 1 aliphatic heterocycles. The van der Waals surface area contributed by atoms with Gasteiger partial charge in [0.1, 0.15) is 5.82 Å². The van der Waals surface area contributed by atoms with Crippen LogP contribution in [0.3, 0.4) is 0 Å². The molecule has 0 saturated carbocycles. The van der Waals surface area contributed by atoms with Gasteiger partial charge < -0.3 is 14.4 Å². The first-order chi connectivity index (χ1) is 16.4. The monoisotopic (exact) mass is 481 g/mol. The first-order valence-corrected chi connectivity index (χ1v) is 11.9. The minimum absolute atomic E-state index is 0.0574. The second kappa shape index (κ2) is 8.83. The van der Waals surface area contributed by atoms with E-state index in [2.05, 4.69) is 14.9 Å². The number of imidazole rings is 1. The number of para-hydroxylation sites is 2. The summed E-state index contributed by atoms with van der Waals surface area (Å²) in [5.74, 6) is 1.98.